The van der Waals surface area contributed by atoms with Crippen LogP contribution in [-0.2, 0) is 16.1 Å². The van der Waals surface area contributed by atoms with Crippen molar-refractivity contribution in [2.75, 3.05) is 20.3 Å². The maximum Gasteiger partial charge on any atom is 0.338 e. The number of hydrogen-bond donors (Lipinski definition) is 1. The Morgan fingerprint density at radius 3 is 2.47 bits per heavy atom. The van der Waals surface area contributed by atoms with E-state index in [2.05, 4.69) is 0 Å². The summed E-state index contributed by atoms with van der Waals surface area (Å²) in [6, 6.07) is 6.63. The van der Waals surface area contributed by atoms with Crippen LogP contribution in [-0.4, -0.2) is 31.4 Å². The van der Waals surface area contributed by atoms with Gasteiger partial charge in [0.25, 0.3) is 0 Å². The van der Waals surface area contributed by atoms with E-state index in [9.17, 15) is 4.79 Å². The molecule has 0 atom stereocenters. The van der Waals surface area contributed by atoms with Gasteiger partial charge in [0.05, 0.1) is 18.8 Å². The predicted molar refractivity (Wildman–Crippen MR) is 54.5 cm³/mol. The highest BCUT2D eigenvalue weighted by Gasteiger charge is 2.05. The Hall–Kier alpha value is -1.39. The molecule has 0 saturated heterocycles. The van der Waals surface area contributed by atoms with Gasteiger partial charge in [-0.05, 0) is 17.7 Å². The Morgan fingerprint density at radius 1 is 1.27 bits per heavy atom. The van der Waals surface area contributed by atoms with Gasteiger partial charge >= 0.3 is 5.97 Å². The molecule has 0 aliphatic heterocycles. The lowest BCUT2D eigenvalue weighted by atomic mass is 10.1. The van der Waals surface area contributed by atoms with Crippen molar-refractivity contribution in [1.29, 1.82) is 0 Å². The largest absolute Gasteiger partial charge is 0.460 e. The van der Waals surface area contributed by atoms with E-state index in [-0.39, 0.29) is 19.2 Å². The van der Waals surface area contributed by atoms with E-state index < -0.39 is 0 Å². The summed E-state index contributed by atoms with van der Waals surface area (Å²) in [7, 11) is 1.55. The summed E-state index contributed by atoms with van der Waals surface area (Å²) in [6.07, 6.45) is 0. The van der Waals surface area contributed by atoms with Gasteiger partial charge < -0.3 is 14.6 Å². The third-order valence-corrected chi connectivity index (χ3v) is 1.89. The fourth-order valence-corrected chi connectivity index (χ4v) is 1.05. The van der Waals surface area contributed by atoms with Gasteiger partial charge in [-0.2, -0.15) is 0 Å². The van der Waals surface area contributed by atoms with Crippen molar-refractivity contribution in [3.05, 3.63) is 35.4 Å². The monoisotopic (exact) mass is 210 g/mol. The van der Waals surface area contributed by atoms with Crippen molar-refractivity contribution in [2.45, 2.75) is 6.61 Å². The van der Waals surface area contributed by atoms with Gasteiger partial charge in [0.1, 0.15) is 6.61 Å². The van der Waals surface area contributed by atoms with Crippen molar-refractivity contribution in [3.8, 4) is 0 Å². The molecular formula is C11H14O4. The first-order valence-electron chi connectivity index (χ1n) is 4.63. The van der Waals surface area contributed by atoms with E-state index in [0.29, 0.717) is 12.2 Å². The second-order valence-corrected chi connectivity index (χ2v) is 2.98. The van der Waals surface area contributed by atoms with Crippen LogP contribution in [0.4, 0.5) is 0 Å². The first-order chi connectivity index (χ1) is 7.27. The number of carbonyl (C=O) groups excluding carboxylic acids is 1. The van der Waals surface area contributed by atoms with Gasteiger partial charge in [-0.1, -0.05) is 12.1 Å². The molecule has 82 valence electrons. The van der Waals surface area contributed by atoms with Crippen LogP contribution in [0.2, 0.25) is 0 Å². The van der Waals surface area contributed by atoms with E-state index in [1.54, 1.807) is 31.4 Å². The number of ether oxygens (including phenoxy) is 2. The van der Waals surface area contributed by atoms with Gasteiger partial charge in [0.15, 0.2) is 0 Å². The Bertz CT molecular complexity index is 305. The zero-order valence-electron chi connectivity index (χ0n) is 8.60. The van der Waals surface area contributed by atoms with Gasteiger partial charge in [0.2, 0.25) is 0 Å². The fraction of sp³-hybridized carbons (Fsp3) is 0.364. The van der Waals surface area contributed by atoms with Crippen molar-refractivity contribution < 1.29 is 19.4 Å². The molecule has 0 fully saturated rings. The van der Waals surface area contributed by atoms with Gasteiger partial charge in [0, 0.05) is 7.11 Å². The smallest absolute Gasteiger partial charge is 0.338 e. The quantitative estimate of drug-likeness (QED) is 0.581. The minimum absolute atomic E-state index is 0.0288. The second-order valence-electron chi connectivity index (χ2n) is 2.98. The van der Waals surface area contributed by atoms with Gasteiger partial charge in [-0.25, -0.2) is 4.79 Å². The Labute approximate surface area is 88.4 Å². The Morgan fingerprint density at radius 2 is 1.93 bits per heavy atom. The zero-order chi connectivity index (χ0) is 11.1. The third-order valence-electron chi connectivity index (χ3n) is 1.89. The molecule has 0 radical (unpaired) electrons. The highest BCUT2D eigenvalue weighted by atomic mass is 16.6. The van der Waals surface area contributed by atoms with Crippen molar-refractivity contribution >= 4 is 5.97 Å². The van der Waals surface area contributed by atoms with E-state index in [1.165, 1.54) is 0 Å². The predicted octanol–water partition coefficient (Wildman–Crippen LogP) is 0.982. The molecule has 0 aliphatic carbocycles. The van der Waals surface area contributed by atoms with Gasteiger partial charge in [-0.3, -0.25) is 0 Å². The van der Waals surface area contributed by atoms with Crippen LogP contribution in [0.15, 0.2) is 24.3 Å². The maximum atomic E-state index is 11.4. The summed E-state index contributed by atoms with van der Waals surface area (Å²) >= 11 is 0. The molecular weight excluding hydrogens is 196 g/mol. The van der Waals surface area contributed by atoms with E-state index in [4.69, 9.17) is 14.6 Å². The van der Waals surface area contributed by atoms with Crippen molar-refractivity contribution in [2.24, 2.45) is 0 Å². The molecule has 1 aromatic carbocycles. The molecule has 1 rings (SSSR count). The second kappa shape index (κ2) is 6.16. The Balaban J connectivity index is 2.50. The minimum atomic E-state index is -0.378. The van der Waals surface area contributed by atoms with Crippen LogP contribution < -0.4 is 0 Å². The molecule has 0 aliphatic rings. The maximum absolute atomic E-state index is 11.4. The van der Waals surface area contributed by atoms with Gasteiger partial charge in [-0.15, -0.1) is 0 Å². The topological polar surface area (TPSA) is 55.8 Å². The van der Waals surface area contributed by atoms with Crippen LogP contribution >= 0.6 is 0 Å². The first kappa shape index (κ1) is 11.7. The number of aliphatic hydroxyl groups is 1. The molecule has 4 heteroatoms. The number of esters is 1. The van der Waals surface area contributed by atoms with Crippen molar-refractivity contribution in [3.63, 3.8) is 0 Å². The first-order valence-corrected chi connectivity index (χ1v) is 4.63. The molecule has 1 N–H and O–H groups in total. The normalized spacial score (nSPS) is 10.0. The summed E-state index contributed by atoms with van der Waals surface area (Å²) in [5.74, 6) is -0.378. The van der Waals surface area contributed by atoms with Crippen LogP contribution in [0.3, 0.4) is 0 Å². The zero-order valence-corrected chi connectivity index (χ0v) is 8.60. The van der Waals surface area contributed by atoms with Crippen LogP contribution in [0.25, 0.3) is 0 Å². The average Bonchev–Trinajstić information content (AvgIpc) is 2.29. The molecule has 0 saturated carbocycles. The number of methoxy groups -OCH3 is 1. The molecule has 1 aromatic rings. The lowest BCUT2D eigenvalue weighted by Gasteiger charge is -2.04. The molecule has 0 spiro atoms. The summed E-state index contributed by atoms with van der Waals surface area (Å²) in [5, 5.41) is 8.81. The SMILES string of the molecule is COCCOC(=O)c1ccc(CO)cc1. The summed E-state index contributed by atoms with van der Waals surface area (Å²) < 4.78 is 9.67. The fourth-order valence-electron chi connectivity index (χ4n) is 1.05. The van der Waals surface area contributed by atoms with Crippen molar-refractivity contribution in [1.82, 2.24) is 0 Å². The average molecular weight is 210 g/mol. The standard InChI is InChI=1S/C11H14O4/c1-14-6-7-15-11(13)10-4-2-9(8-12)3-5-10/h2-5,12H,6-8H2,1H3. The highest BCUT2D eigenvalue weighted by Crippen LogP contribution is 2.05. The number of carbonyl (C=O) groups is 1. The van der Waals surface area contributed by atoms with E-state index in [0.717, 1.165) is 5.56 Å². The molecule has 4 nitrogen and oxygen atoms in total. The summed E-state index contributed by atoms with van der Waals surface area (Å²) in [6.45, 7) is 0.608. The van der Waals surface area contributed by atoms with E-state index in [1.807, 2.05) is 0 Å². The lowest BCUT2D eigenvalue weighted by molar-refractivity contribution is 0.0388. The molecule has 0 aromatic heterocycles. The molecule has 0 unspecified atom stereocenters. The molecule has 0 heterocycles. The summed E-state index contributed by atoms with van der Waals surface area (Å²) in [5.41, 5.74) is 1.24. The van der Waals surface area contributed by atoms with Crippen LogP contribution in [0.1, 0.15) is 15.9 Å². The highest BCUT2D eigenvalue weighted by molar-refractivity contribution is 5.89. The van der Waals surface area contributed by atoms with Crippen LogP contribution in [0.5, 0.6) is 0 Å². The molecule has 0 amide bonds. The third kappa shape index (κ3) is 3.69. The number of aliphatic hydroxyl groups excluding tert-OH is 1. The Kier molecular flexibility index (Phi) is 4.80. The number of benzene rings is 1. The van der Waals surface area contributed by atoms with E-state index >= 15 is 0 Å². The minimum Gasteiger partial charge on any atom is -0.460 e. The molecule has 0 bridgehead atoms. The lowest BCUT2D eigenvalue weighted by Crippen LogP contribution is -2.09. The molecule has 15 heavy (non-hydrogen) atoms. The summed E-state index contributed by atoms with van der Waals surface area (Å²) in [4.78, 5) is 11.4. The van der Waals surface area contributed by atoms with Crippen LogP contribution in [0, 0.1) is 0 Å². The number of rotatable bonds is 5. The number of hydrogen-bond acceptors (Lipinski definition) is 4.